The van der Waals surface area contributed by atoms with Crippen molar-refractivity contribution in [2.24, 2.45) is 0 Å². The highest BCUT2D eigenvalue weighted by Gasteiger charge is 2.25. The van der Waals surface area contributed by atoms with Crippen molar-refractivity contribution in [2.45, 2.75) is 45.6 Å². The number of hydrogen-bond donors (Lipinski definition) is 1. The lowest BCUT2D eigenvalue weighted by molar-refractivity contribution is -0.118. The number of aryl methyl sites for hydroxylation is 1. The van der Waals surface area contributed by atoms with Crippen molar-refractivity contribution in [3.63, 3.8) is 0 Å². The van der Waals surface area contributed by atoms with Crippen molar-refractivity contribution in [1.82, 2.24) is 10.3 Å². The van der Waals surface area contributed by atoms with E-state index in [1.807, 2.05) is 48.5 Å². The lowest BCUT2D eigenvalue weighted by atomic mass is 10.00. The molecule has 5 heteroatoms. The molecular weight excluding hydrogens is 398 g/mol. The third-order valence-electron chi connectivity index (χ3n) is 5.89. The number of pyridine rings is 1. The van der Waals surface area contributed by atoms with Gasteiger partial charge in [-0.25, -0.2) is 0 Å². The highest BCUT2D eigenvalue weighted by molar-refractivity contribution is 5.99. The van der Waals surface area contributed by atoms with Crippen LogP contribution in [0.2, 0.25) is 0 Å². The van der Waals surface area contributed by atoms with Crippen LogP contribution in [-0.2, 0) is 24.2 Å². The van der Waals surface area contributed by atoms with Gasteiger partial charge < -0.3 is 10.2 Å². The number of benzene rings is 2. The number of nitrogens with zero attached hydrogens (tertiary/aromatic N) is 2. The molecule has 3 aromatic rings. The van der Waals surface area contributed by atoms with Gasteiger partial charge in [0, 0.05) is 19.3 Å². The molecule has 0 spiro atoms. The predicted molar refractivity (Wildman–Crippen MR) is 127 cm³/mol. The maximum Gasteiger partial charge on any atom is 0.253 e. The lowest BCUT2D eigenvalue weighted by Gasteiger charge is -2.29. The highest BCUT2D eigenvalue weighted by atomic mass is 16.2. The van der Waals surface area contributed by atoms with Gasteiger partial charge in [-0.2, -0.15) is 0 Å². The second-order valence-corrected chi connectivity index (χ2v) is 8.58. The van der Waals surface area contributed by atoms with Crippen LogP contribution in [0.25, 0.3) is 0 Å². The molecule has 0 bridgehead atoms. The number of carbonyl (C=O) groups excluding carboxylic acids is 2. The van der Waals surface area contributed by atoms with Crippen LogP contribution < -0.4 is 10.2 Å². The summed E-state index contributed by atoms with van der Waals surface area (Å²) in [6, 6.07) is 19.8. The van der Waals surface area contributed by atoms with E-state index in [0.717, 1.165) is 35.3 Å². The van der Waals surface area contributed by atoms with E-state index < -0.39 is 0 Å². The van der Waals surface area contributed by atoms with E-state index in [1.165, 1.54) is 5.56 Å². The minimum Gasteiger partial charge on any atom is -0.348 e. The van der Waals surface area contributed by atoms with Crippen molar-refractivity contribution < 1.29 is 9.59 Å². The first-order valence-electron chi connectivity index (χ1n) is 11.2. The summed E-state index contributed by atoms with van der Waals surface area (Å²) in [6.07, 6.45) is 3.63. The fourth-order valence-electron chi connectivity index (χ4n) is 3.99. The molecule has 2 aromatic carbocycles. The fourth-order valence-corrected chi connectivity index (χ4v) is 3.99. The molecule has 5 nitrogen and oxygen atoms in total. The summed E-state index contributed by atoms with van der Waals surface area (Å²) in [5.74, 6) is 0.310. The molecule has 0 unspecified atom stereocenters. The Labute approximate surface area is 189 Å². The van der Waals surface area contributed by atoms with Crippen LogP contribution >= 0.6 is 0 Å². The smallest absolute Gasteiger partial charge is 0.253 e. The second kappa shape index (κ2) is 9.77. The summed E-state index contributed by atoms with van der Waals surface area (Å²) in [7, 11) is 0. The van der Waals surface area contributed by atoms with E-state index in [2.05, 4.69) is 36.3 Å². The van der Waals surface area contributed by atoms with Crippen LogP contribution in [0.5, 0.6) is 0 Å². The molecule has 164 valence electrons. The Hall–Kier alpha value is -3.47. The Morgan fingerprint density at radius 2 is 1.78 bits per heavy atom. The Bertz CT molecular complexity index is 1090. The van der Waals surface area contributed by atoms with Gasteiger partial charge >= 0.3 is 0 Å². The quantitative estimate of drug-likeness (QED) is 0.623. The molecule has 0 saturated carbocycles. The number of aromatic nitrogens is 1. The number of anilines is 1. The minimum absolute atomic E-state index is 0.0342. The first-order valence-corrected chi connectivity index (χ1v) is 11.2. The van der Waals surface area contributed by atoms with E-state index >= 15 is 0 Å². The summed E-state index contributed by atoms with van der Waals surface area (Å²) in [5.41, 5.74) is 5.40. The molecule has 1 N–H and O–H groups in total. The predicted octanol–water partition coefficient (Wildman–Crippen LogP) is 4.66. The molecule has 1 aliphatic heterocycles. The SMILES string of the molecule is CC(C)c1ccc(CC(=O)N2CCCc3ncc(C(=O)NCc4ccccc4)cc32)cc1. The van der Waals surface area contributed by atoms with Gasteiger partial charge in [-0.15, -0.1) is 0 Å². The summed E-state index contributed by atoms with van der Waals surface area (Å²) in [5, 5.41) is 2.94. The van der Waals surface area contributed by atoms with Crippen molar-refractivity contribution in [1.29, 1.82) is 0 Å². The molecule has 4 rings (SSSR count). The Balaban J connectivity index is 1.48. The lowest BCUT2D eigenvalue weighted by Crippen LogP contribution is -2.37. The normalized spacial score (nSPS) is 13.0. The molecule has 0 saturated heterocycles. The van der Waals surface area contributed by atoms with Crippen LogP contribution in [0, 0.1) is 0 Å². The minimum atomic E-state index is -0.189. The second-order valence-electron chi connectivity index (χ2n) is 8.58. The van der Waals surface area contributed by atoms with Gasteiger partial charge in [-0.1, -0.05) is 68.4 Å². The summed E-state index contributed by atoms with van der Waals surface area (Å²) < 4.78 is 0. The summed E-state index contributed by atoms with van der Waals surface area (Å²) in [4.78, 5) is 32.1. The molecular formula is C27H29N3O2. The van der Waals surface area contributed by atoms with Crippen molar-refractivity contribution >= 4 is 17.5 Å². The number of carbonyl (C=O) groups is 2. The number of hydrogen-bond acceptors (Lipinski definition) is 3. The van der Waals surface area contributed by atoms with Crippen LogP contribution in [0.15, 0.2) is 66.9 Å². The molecule has 32 heavy (non-hydrogen) atoms. The number of fused-ring (bicyclic) bond motifs is 1. The van der Waals surface area contributed by atoms with Crippen LogP contribution in [0.4, 0.5) is 5.69 Å². The fraction of sp³-hybridized carbons (Fsp3) is 0.296. The average Bonchev–Trinajstić information content (AvgIpc) is 2.82. The van der Waals surface area contributed by atoms with E-state index in [9.17, 15) is 9.59 Å². The van der Waals surface area contributed by atoms with Gasteiger partial charge in [0.25, 0.3) is 5.91 Å². The van der Waals surface area contributed by atoms with Gasteiger partial charge in [0.1, 0.15) is 0 Å². The molecule has 0 radical (unpaired) electrons. The van der Waals surface area contributed by atoms with Gasteiger partial charge in [-0.05, 0) is 41.5 Å². The maximum absolute atomic E-state index is 13.1. The molecule has 1 aromatic heterocycles. The highest BCUT2D eigenvalue weighted by Crippen LogP contribution is 2.27. The Morgan fingerprint density at radius 3 is 2.50 bits per heavy atom. The van der Waals surface area contributed by atoms with E-state index in [0.29, 0.717) is 31.0 Å². The molecule has 0 atom stereocenters. The third kappa shape index (κ3) is 5.05. The standard InChI is InChI=1S/C27H29N3O2/c1-19(2)22-12-10-20(11-13-22)15-26(31)30-14-6-9-24-25(30)16-23(18-28-24)27(32)29-17-21-7-4-3-5-8-21/h3-5,7-8,10-13,16,18-19H,6,9,14-15,17H2,1-2H3,(H,29,32). The average molecular weight is 428 g/mol. The first kappa shape index (κ1) is 21.8. The van der Waals surface area contributed by atoms with E-state index in [-0.39, 0.29) is 11.8 Å². The van der Waals surface area contributed by atoms with Gasteiger partial charge in [-0.3, -0.25) is 14.6 Å². The zero-order chi connectivity index (χ0) is 22.5. The molecule has 0 fully saturated rings. The van der Waals surface area contributed by atoms with Crippen LogP contribution in [0.3, 0.4) is 0 Å². The monoisotopic (exact) mass is 427 g/mol. The molecule has 2 heterocycles. The van der Waals surface area contributed by atoms with Gasteiger partial charge in [0.15, 0.2) is 0 Å². The third-order valence-corrected chi connectivity index (χ3v) is 5.89. The maximum atomic E-state index is 13.1. The van der Waals surface area contributed by atoms with Crippen molar-refractivity contribution in [2.75, 3.05) is 11.4 Å². The first-order chi connectivity index (χ1) is 15.5. The zero-order valence-electron chi connectivity index (χ0n) is 18.7. The van der Waals surface area contributed by atoms with Gasteiger partial charge in [0.05, 0.1) is 23.4 Å². The topological polar surface area (TPSA) is 62.3 Å². The molecule has 0 aliphatic carbocycles. The van der Waals surface area contributed by atoms with Crippen molar-refractivity contribution in [3.8, 4) is 0 Å². The van der Waals surface area contributed by atoms with Crippen LogP contribution in [-0.4, -0.2) is 23.3 Å². The van der Waals surface area contributed by atoms with E-state index in [1.54, 1.807) is 11.1 Å². The largest absolute Gasteiger partial charge is 0.348 e. The molecule has 1 aliphatic rings. The summed E-state index contributed by atoms with van der Waals surface area (Å²) in [6.45, 7) is 5.41. The van der Waals surface area contributed by atoms with Gasteiger partial charge in [0.2, 0.25) is 5.91 Å². The number of rotatable bonds is 6. The van der Waals surface area contributed by atoms with Crippen molar-refractivity contribution in [3.05, 3.63) is 94.8 Å². The number of nitrogens with one attached hydrogen (secondary N) is 1. The summed E-state index contributed by atoms with van der Waals surface area (Å²) >= 11 is 0. The zero-order valence-corrected chi connectivity index (χ0v) is 18.7. The van der Waals surface area contributed by atoms with Crippen LogP contribution in [0.1, 0.15) is 58.9 Å². The number of amides is 2. The Morgan fingerprint density at radius 1 is 1.03 bits per heavy atom. The van der Waals surface area contributed by atoms with E-state index in [4.69, 9.17) is 0 Å². The molecule has 2 amide bonds. The Kier molecular flexibility index (Phi) is 6.64.